The minimum absolute atomic E-state index is 0.589. The minimum Gasteiger partial charge on any atom is -0.321 e. The summed E-state index contributed by atoms with van der Waals surface area (Å²) in [6.45, 7) is 1.94. The number of nitrogens with zero attached hydrogens (tertiary/aromatic N) is 4. The van der Waals surface area contributed by atoms with Gasteiger partial charge in [-0.25, -0.2) is 9.97 Å². The molecule has 0 atom stereocenters. The molecule has 0 unspecified atom stereocenters. The lowest BCUT2D eigenvalue weighted by molar-refractivity contribution is 0.756. The lowest BCUT2D eigenvalue weighted by atomic mass is 10.4. The van der Waals surface area contributed by atoms with Crippen LogP contribution in [0, 0.1) is 10.5 Å². The van der Waals surface area contributed by atoms with Crippen LogP contribution in [0.4, 0.5) is 11.6 Å². The largest absolute Gasteiger partial charge is 0.321 e. The first-order valence-corrected chi connectivity index (χ1v) is 5.48. The Morgan fingerprint density at radius 2 is 2.00 bits per heavy atom. The highest BCUT2D eigenvalue weighted by Gasteiger charge is 2.04. The number of rotatable bonds is 2. The van der Waals surface area contributed by atoms with Gasteiger partial charge in [0.15, 0.2) is 0 Å². The van der Waals surface area contributed by atoms with E-state index in [1.165, 1.54) is 0 Å². The highest BCUT2D eigenvalue weighted by Crippen LogP contribution is 2.15. The van der Waals surface area contributed by atoms with Crippen LogP contribution >= 0.6 is 22.6 Å². The molecule has 0 saturated carbocycles. The summed E-state index contributed by atoms with van der Waals surface area (Å²) < 4.78 is 2.77. The van der Waals surface area contributed by atoms with E-state index in [4.69, 9.17) is 0 Å². The number of halogens is 1. The van der Waals surface area contributed by atoms with Gasteiger partial charge in [0.2, 0.25) is 5.95 Å². The third kappa shape index (κ3) is 2.44. The fraction of sp³-hybridized carbons (Fsp3) is 0.222. The molecule has 0 bridgehead atoms. The summed E-state index contributed by atoms with van der Waals surface area (Å²) in [4.78, 5) is 8.31. The fourth-order valence-corrected chi connectivity index (χ4v) is 1.50. The van der Waals surface area contributed by atoms with Crippen molar-refractivity contribution in [3.63, 3.8) is 0 Å². The fourth-order valence-electron chi connectivity index (χ4n) is 1.22. The second-order valence-electron chi connectivity index (χ2n) is 3.15. The Hall–Kier alpha value is -1.18. The number of aromatic nitrogens is 4. The van der Waals surface area contributed by atoms with Crippen LogP contribution in [0.25, 0.3) is 0 Å². The third-order valence-corrected chi connectivity index (χ3v) is 2.44. The van der Waals surface area contributed by atoms with Crippen LogP contribution in [0.3, 0.4) is 0 Å². The smallest absolute Gasteiger partial charge is 0.227 e. The molecule has 2 rings (SSSR count). The van der Waals surface area contributed by atoms with Gasteiger partial charge in [0.05, 0.1) is 11.4 Å². The van der Waals surface area contributed by atoms with Gasteiger partial charge in [-0.15, -0.1) is 0 Å². The molecule has 2 aromatic rings. The topological polar surface area (TPSA) is 55.6 Å². The van der Waals surface area contributed by atoms with Crippen LogP contribution < -0.4 is 5.32 Å². The highest BCUT2D eigenvalue weighted by molar-refractivity contribution is 14.1. The molecule has 6 heteroatoms. The summed E-state index contributed by atoms with van der Waals surface area (Å²) >= 11 is 2.17. The van der Waals surface area contributed by atoms with Crippen molar-refractivity contribution in [3.05, 3.63) is 27.9 Å². The van der Waals surface area contributed by atoms with Gasteiger partial charge < -0.3 is 5.32 Å². The van der Waals surface area contributed by atoms with Gasteiger partial charge in [-0.05, 0) is 29.5 Å². The number of aryl methyl sites for hydroxylation is 2. The van der Waals surface area contributed by atoms with E-state index in [-0.39, 0.29) is 0 Å². The molecule has 5 nitrogen and oxygen atoms in total. The Morgan fingerprint density at radius 3 is 2.53 bits per heavy atom. The van der Waals surface area contributed by atoms with Crippen LogP contribution in [-0.2, 0) is 7.05 Å². The predicted octanol–water partition coefficient (Wildman–Crippen LogP) is 1.87. The maximum absolute atomic E-state index is 4.22. The summed E-state index contributed by atoms with van der Waals surface area (Å²) in [7, 11) is 1.88. The summed E-state index contributed by atoms with van der Waals surface area (Å²) in [6, 6.07) is 0. The molecule has 2 aromatic heterocycles. The molecule has 0 saturated heterocycles. The quantitative estimate of drug-likeness (QED) is 0.860. The lowest BCUT2D eigenvalue weighted by Crippen LogP contribution is -1.96. The van der Waals surface area contributed by atoms with Crippen LogP contribution in [0.5, 0.6) is 0 Å². The average Bonchev–Trinajstić information content (AvgIpc) is 2.49. The number of anilines is 2. The summed E-state index contributed by atoms with van der Waals surface area (Å²) in [5.74, 6) is 0.589. The van der Waals surface area contributed by atoms with Crippen molar-refractivity contribution in [2.75, 3.05) is 5.32 Å². The summed E-state index contributed by atoms with van der Waals surface area (Å²) in [5.41, 5.74) is 1.86. The van der Waals surface area contributed by atoms with E-state index >= 15 is 0 Å². The monoisotopic (exact) mass is 315 g/mol. The van der Waals surface area contributed by atoms with Crippen molar-refractivity contribution in [1.82, 2.24) is 19.7 Å². The van der Waals surface area contributed by atoms with Crippen molar-refractivity contribution in [3.8, 4) is 0 Å². The molecule has 0 aromatic carbocycles. The maximum atomic E-state index is 4.22. The van der Waals surface area contributed by atoms with Gasteiger partial charge in [-0.1, -0.05) is 0 Å². The van der Waals surface area contributed by atoms with Crippen molar-refractivity contribution in [2.45, 2.75) is 6.92 Å². The molecule has 15 heavy (non-hydrogen) atoms. The molecule has 0 radical (unpaired) electrons. The van der Waals surface area contributed by atoms with E-state index in [1.807, 2.05) is 20.2 Å². The van der Waals surface area contributed by atoms with Gasteiger partial charge in [-0.3, -0.25) is 4.68 Å². The minimum atomic E-state index is 0.589. The molecular weight excluding hydrogens is 305 g/mol. The van der Waals surface area contributed by atoms with Gasteiger partial charge in [0, 0.05) is 29.2 Å². The molecule has 0 amide bonds. The van der Waals surface area contributed by atoms with Crippen molar-refractivity contribution in [1.29, 1.82) is 0 Å². The first kappa shape index (κ1) is 10.3. The second kappa shape index (κ2) is 4.13. The molecule has 0 spiro atoms. The van der Waals surface area contributed by atoms with E-state index in [9.17, 15) is 0 Å². The molecular formula is C9H10IN5. The van der Waals surface area contributed by atoms with Gasteiger partial charge in [0.25, 0.3) is 0 Å². The van der Waals surface area contributed by atoms with Crippen LogP contribution in [0.1, 0.15) is 5.69 Å². The van der Waals surface area contributed by atoms with E-state index in [0.717, 1.165) is 15.0 Å². The van der Waals surface area contributed by atoms with E-state index < -0.39 is 0 Å². The lowest BCUT2D eigenvalue weighted by Gasteiger charge is -2.01. The number of hydrogen-bond acceptors (Lipinski definition) is 4. The number of hydrogen-bond donors (Lipinski definition) is 1. The van der Waals surface area contributed by atoms with Crippen LogP contribution in [0.15, 0.2) is 18.6 Å². The Labute approximate surface area is 101 Å². The SMILES string of the molecule is Cc1nn(C)cc1Nc1ncc(I)cn1. The first-order valence-electron chi connectivity index (χ1n) is 4.40. The van der Waals surface area contributed by atoms with Gasteiger partial charge in [-0.2, -0.15) is 5.10 Å². The summed E-state index contributed by atoms with van der Waals surface area (Å²) in [5, 5.41) is 7.33. The molecule has 0 fully saturated rings. The average molecular weight is 315 g/mol. The molecule has 78 valence electrons. The molecule has 0 aliphatic rings. The van der Waals surface area contributed by atoms with Crippen molar-refractivity contribution in [2.24, 2.45) is 7.05 Å². The Bertz CT molecular complexity index is 462. The van der Waals surface area contributed by atoms with E-state index in [0.29, 0.717) is 5.95 Å². The normalized spacial score (nSPS) is 10.3. The van der Waals surface area contributed by atoms with Crippen molar-refractivity contribution >= 4 is 34.2 Å². The number of nitrogens with one attached hydrogen (secondary N) is 1. The summed E-state index contributed by atoms with van der Waals surface area (Å²) in [6.07, 6.45) is 5.43. The zero-order valence-corrected chi connectivity index (χ0v) is 10.6. The van der Waals surface area contributed by atoms with Gasteiger partial charge in [0.1, 0.15) is 0 Å². The van der Waals surface area contributed by atoms with Gasteiger partial charge >= 0.3 is 0 Å². The van der Waals surface area contributed by atoms with E-state index in [2.05, 4.69) is 43.0 Å². The Morgan fingerprint density at radius 1 is 1.33 bits per heavy atom. The molecule has 1 N–H and O–H groups in total. The standard InChI is InChI=1S/C9H10IN5/c1-6-8(5-15(2)14-6)13-9-11-3-7(10)4-12-9/h3-5H,1-2H3,(H,11,12,13). The maximum Gasteiger partial charge on any atom is 0.227 e. The molecule has 2 heterocycles. The zero-order chi connectivity index (χ0) is 10.8. The first-order chi connectivity index (χ1) is 7.15. The van der Waals surface area contributed by atoms with Crippen LogP contribution in [-0.4, -0.2) is 19.7 Å². The molecule has 0 aliphatic carbocycles. The van der Waals surface area contributed by atoms with Crippen LogP contribution in [0.2, 0.25) is 0 Å². The third-order valence-electron chi connectivity index (χ3n) is 1.88. The van der Waals surface area contributed by atoms with Crippen molar-refractivity contribution < 1.29 is 0 Å². The Kier molecular flexibility index (Phi) is 2.85. The van der Waals surface area contributed by atoms with E-state index in [1.54, 1.807) is 17.1 Å². The zero-order valence-electron chi connectivity index (χ0n) is 8.40. The molecule has 0 aliphatic heterocycles. The second-order valence-corrected chi connectivity index (χ2v) is 4.40. The predicted molar refractivity (Wildman–Crippen MR) is 66.0 cm³/mol. The highest BCUT2D eigenvalue weighted by atomic mass is 127. The Balaban J connectivity index is 2.21.